The Kier molecular flexibility index (Phi) is 6.52. The van der Waals surface area contributed by atoms with Crippen LogP contribution in [0.2, 0.25) is 0 Å². The number of para-hydroxylation sites is 1. The molecule has 0 spiro atoms. The lowest BCUT2D eigenvalue weighted by Gasteiger charge is -2.27. The molecule has 0 unspecified atom stereocenters. The van der Waals surface area contributed by atoms with E-state index in [-0.39, 0.29) is 0 Å². The number of ether oxygens (including phenoxy) is 1. The second-order valence-electron chi connectivity index (χ2n) is 6.91. The van der Waals surface area contributed by atoms with Crippen LogP contribution in [-0.4, -0.2) is 10.7 Å². The number of rotatable bonds is 3. The third-order valence-electron chi connectivity index (χ3n) is 4.69. The average Bonchev–Trinajstić information content (AvgIpc) is 2.65. The van der Waals surface area contributed by atoms with E-state index in [9.17, 15) is 5.11 Å². The van der Waals surface area contributed by atoms with E-state index in [0.717, 1.165) is 37.0 Å². The quantitative estimate of drug-likeness (QED) is 0.589. The van der Waals surface area contributed by atoms with Gasteiger partial charge in [-0.15, -0.1) is 0 Å². The SMILES string of the molecule is OC1(/C=C(/C#Cc2ccccc2)Oc2ccccc2)CCCCCCC1. The van der Waals surface area contributed by atoms with Crippen LogP contribution in [0.4, 0.5) is 0 Å². The van der Waals surface area contributed by atoms with Crippen LogP contribution in [0.25, 0.3) is 0 Å². The molecule has 2 nitrogen and oxygen atoms in total. The third kappa shape index (κ3) is 5.79. The van der Waals surface area contributed by atoms with Gasteiger partial charge in [-0.1, -0.05) is 74.4 Å². The van der Waals surface area contributed by atoms with Crippen LogP contribution >= 0.6 is 0 Å². The van der Waals surface area contributed by atoms with Crippen molar-refractivity contribution in [2.75, 3.05) is 0 Å². The molecule has 1 N–H and O–H groups in total. The molecule has 1 aliphatic carbocycles. The predicted molar refractivity (Wildman–Crippen MR) is 106 cm³/mol. The third-order valence-corrected chi connectivity index (χ3v) is 4.69. The highest BCUT2D eigenvalue weighted by atomic mass is 16.5. The maximum absolute atomic E-state index is 11.1. The fourth-order valence-electron chi connectivity index (χ4n) is 3.27. The molecule has 0 bridgehead atoms. The summed E-state index contributed by atoms with van der Waals surface area (Å²) in [5.41, 5.74) is 0.0929. The van der Waals surface area contributed by atoms with Gasteiger partial charge in [0.15, 0.2) is 5.76 Å². The average molecular weight is 346 g/mol. The van der Waals surface area contributed by atoms with Gasteiger partial charge >= 0.3 is 0 Å². The van der Waals surface area contributed by atoms with Crippen molar-refractivity contribution >= 4 is 0 Å². The molecule has 0 aromatic heterocycles. The van der Waals surface area contributed by atoms with Gasteiger partial charge in [0, 0.05) is 5.56 Å². The van der Waals surface area contributed by atoms with Crippen molar-refractivity contribution in [3.05, 3.63) is 78.1 Å². The number of benzene rings is 2. The van der Waals surface area contributed by atoms with Crippen molar-refractivity contribution in [1.29, 1.82) is 0 Å². The number of aliphatic hydroxyl groups is 1. The summed E-state index contributed by atoms with van der Waals surface area (Å²) in [4.78, 5) is 0. The zero-order valence-corrected chi connectivity index (χ0v) is 15.2. The molecule has 0 amide bonds. The van der Waals surface area contributed by atoms with Gasteiger partial charge in [-0.25, -0.2) is 0 Å². The highest BCUT2D eigenvalue weighted by Crippen LogP contribution is 2.29. The second kappa shape index (κ2) is 9.27. The minimum atomic E-state index is -0.837. The Hall–Kier alpha value is -2.50. The van der Waals surface area contributed by atoms with Gasteiger partial charge in [0.05, 0.1) is 5.60 Å². The van der Waals surface area contributed by atoms with Crippen LogP contribution in [0.5, 0.6) is 5.75 Å². The van der Waals surface area contributed by atoms with Gasteiger partial charge in [-0.2, -0.15) is 0 Å². The Morgan fingerprint density at radius 2 is 1.42 bits per heavy atom. The summed E-state index contributed by atoms with van der Waals surface area (Å²) in [6.07, 6.45) is 9.07. The molecule has 0 atom stereocenters. The molecule has 0 heterocycles. The summed E-state index contributed by atoms with van der Waals surface area (Å²) in [5, 5.41) is 11.1. The van der Waals surface area contributed by atoms with Crippen LogP contribution in [0, 0.1) is 11.8 Å². The van der Waals surface area contributed by atoms with E-state index in [0.29, 0.717) is 5.76 Å². The first-order valence-corrected chi connectivity index (χ1v) is 9.49. The molecule has 2 aromatic rings. The molecule has 0 radical (unpaired) electrons. The fraction of sp³-hybridized carbons (Fsp3) is 0.333. The fourth-order valence-corrected chi connectivity index (χ4v) is 3.27. The molecule has 0 aliphatic heterocycles. The Morgan fingerprint density at radius 1 is 0.846 bits per heavy atom. The lowest BCUT2D eigenvalue weighted by Crippen LogP contribution is -2.27. The van der Waals surface area contributed by atoms with Gasteiger partial charge in [-0.05, 0) is 49.1 Å². The zero-order valence-electron chi connectivity index (χ0n) is 15.2. The van der Waals surface area contributed by atoms with Gasteiger partial charge in [0.1, 0.15) is 5.75 Å². The molecule has 1 fully saturated rings. The molecule has 3 rings (SSSR count). The smallest absolute Gasteiger partial charge is 0.176 e. The normalized spacial score (nSPS) is 17.3. The number of allylic oxidation sites excluding steroid dienone is 1. The summed E-state index contributed by atoms with van der Waals surface area (Å²) in [6.45, 7) is 0. The molecular weight excluding hydrogens is 320 g/mol. The minimum absolute atomic E-state index is 0.517. The number of hydrogen-bond donors (Lipinski definition) is 1. The summed E-state index contributed by atoms with van der Waals surface area (Å²) < 4.78 is 6.00. The molecule has 0 saturated heterocycles. The highest BCUT2D eigenvalue weighted by molar-refractivity contribution is 5.41. The first kappa shape index (κ1) is 18.3. The van der Waals surface area contributed by atoms with E-state index >= 15 is 0 Å². The maximum Gasteiger partial charge on any atom is 0.176 e. The van der Waals surface area contributed by atoms with E-state index in [4.69, 9.17) is 4.74 Å². The Morgan fingerprint density at radius 3 is 2.08 bits per heavy atom. The summed E-state index contributed by atoms with van der Waals surface area (Å²) in [7, 11) is 0. The van der Waals surface area contributed by atoms with E-state index in [1.165, 1.54) is 19.3 Å². The summed E-state index contributed by atoms with van der Waals surface area (Å²) in [6, 6.07) is 19.5. The van der Waals surface area contributed by atoms with Gasteiger partial charge in [0.2, 0.25) is 0 Å². The molecular formula is C24H26O2. The Bertz CT molecular complexity index is 758. The van der Waals surface area contributed by atoms with Crippen molar-refractivity contribution in [1.82, 2.24) is 0 Å². The molecule has 26 heavy (non-hydrogen) atoms. The van der Waals surface area contributed by atoms with E-state index in [1.54, 1.807) is 0 Å². The van der Waals surface area contributed by atoms with Crippen LogP contribution in [0.15, 0.2) is 72.5 Å². The minimum Gasteiger partial charge on any atom is -0.449 e. The van der Waals surface area contributed by atoms with E-state index in [1.807, 2.05) is 66.7 Å². The van der Waals surface area contributed by atoms with Gasteiger partial charge in [0.25, 0.3) is 0 Å². The zero-order chi connectivity index (χ0) is 18.1. The first-order chi connectivity index (χ1) is 12.7. The molecule has 1 saturated carbocycles. The maximum atomic E-state index is 11.1. The van der Waals surface area contributed by atoms with Crippen LogP contribution in [-0.2, 0) is 0 Å². The molecule has 2 aromatic carbocycles. The van der Waals surface area contributed by atoms with Crippen LogP contribution < -0.4 is 4.74 Å². The van der Waals surface area contributed by atoms with Crippen molar-refractivity contribution in [2.24, 2.45) is 0 Å². The Balaban J connectivity index is 1.87. The molecule has 2 heteroatoms. The lowest BCUT2D eigenvalue weighted by atomic mass is 9.86. The predicted octanol–water partition coefficient (Wildman–Crippen LogP) is 5.48. The standard InChI is InChI=1S/C24H26O2/c25-24(18-10-2-1-3-11-19-24)20-23(26-22-14-8-5-9-15-22)17-16-21-12-6-4-7-13-21/h4-9,12-15,20,25H,1-3,10-11,18-19H2/b23-20-. The number of hydrogen-bond acceptors (Lipinski definition) is 2. The summed E-state index contributed by atoms with van der Waals surface area (Å²) in [5.74, 6) is 7.52. The van der Waals surface area contributed by atoms with Crippen molar-refractivity contribution in [3.63, 3.8) is 0 Å². The van der Waals surface area contributed by atoms with Crippen molar-refractivity contribution in [2.45, 2.75) is 50.5 Å². The van der Waals surface area contributed by atoms with E-state index in [2.05, 4.69) is 11.8 Å². The lowest BCUT2D eigenvalue weighted by molar-refractivity contribution is 0.0596. The highest BCUT2D eigenvalue weighted by Gasteiger charge is 2.26. The van der Waals surface area contributed by atoms with Gasteiger partial charge < -0.3 is 9.84 Å². The van der Waals surface area contributed by atoms with Crippen LogP contribution in [0.1, 0.15) is 50.5 Å². The van der Waals surface area contributed by atoms with Crippen molar-refractivity contribution < 1.29 is 9.84 Å². The van der Waals surface area contributed by atoms with Crippen molar-refractivity contribution in [3.8, 4) is 17.6 Å². The summed E-state index contributed by atoms with van der Waals surface area (Å²) >= 11 is 0. The first-order valence-electron chi connectivity index (χ1n) is 9.49. The molecule has 134 valence electrons. The van der Waals surface area contributed by atoms with E-state index < -0.39 is 5.60 Å². The topological polar surface area (TPSA) is 29.5 Å². The van der Waals surface area contributed by atoms with Crippen LogP contribution in [0.3, 0.4) is 0 Å². The second-order valence-corrected chi connectivity index (χ2v) is 6.91. The molecule has 1 aliphatic rings. The Labute approximate surface area is 156 Å². The monoisotopic (exact) mass is 346 g/mol. The largest absolute Gasteiger partial charge is 0.449 e. The van der Waals surface area contributed by atoms with Gasteiger partial charge in [-0.3, -0.25) is 0 Å².